The van der Waals surface area contributed by atoms with Crippen molar-refractivity contribution in [2.75, 3.05) is 13.2 Å². The van der Waals surface area contributed by atoms with E-state index in [4.69, 9.17) is 23.1 Å². The van der Waals surface area contributed by atoms with Crippen LogP contribution in [0.3, 0.4) is 0 Å². The number of ether oxygens (including phenoxy) is 4. The summed E-state index contributed by atoms with van der Waals surface area (Å²) in [5, 5.41) is 85.8. The molecule has 0 spiro atoms. The molecule has 0 aromatic carbocycles. The quantitative estimate of drug-likeness (QED) is 0.100. The van der Waals surface area contributed by atoms with Crippen LogP contribution in [0.5, 0.6) is 0 Å². The molecule has 6 fully saturated rings. The maximum atomic E-state index is 13.0. The molecule has 9 N–H and O–H groups in total. The highest BCUT2D eigenvalue weighted by atomic mass is 32.3. The second-order valence-corrected chi connectivity index (χ2v) is 19.4. The van der Waals surface area contributed by atoms with Gasteiger partial charge in [-0.05, 0) is 91.8 Å². The number of aliphatic hydroxyl groups is 8. The van der Waals surface area contributed by atoms with E-state index in [2.05, 4.69) is 20.8 Å². The molecular formula is C37H64O16S. The second kappa shape index (κ2) is 15.9. The minimum Gasteiger partial charge on any atom is -0.393 e. The SMILES string of the molecule is CC(C)C(CCC(C)C1CC(OS(=O)(=O)O)C2C1(C)CCC1C3(C)CCC(OC4OCC(O)C(O)C4O)CC3C(O)CC12O)OC1OCC(O)C(O)C1O. The molecule has 16 nitrogen and oxygen atoms in total. The molecule has 4 saturated carbocycles. The fourth-order valence-electron chi connectivity index (χ4n) is 12.1. The fourth-order valence-corrected chi connectivity index (χ4v) is 12.6. The maximum absolute atomic E-state index is 13.0. The lowest BCUT2D eigenvalue weighted by Gasteiger charge is -2.66. The first-order valence-electron chi connectivity index (χ1n) is 19.8. The minimum atomic E-state index is -4.90. The van der Waals surface area contributed by atoms with Crippen LogP contribution in [0.4, 0.5) is 0 Å². The van der Waals surface area contributed by atoms with Crippen LogP contribution in [0.25, 0.3) is 0 Å². The summed E-state index contributed by atoms with van der Waals surface area (Å²) < 4.78 is 63.3. The standard InChI is InChI=1S/C37H64O16S/c1-17(2)25(52-34-31(44)29(42)24(40)16-50-34)7-6-18(3)20-13-26(53-54(46,47)48)32-36(20,5)11-9-27-35(4)10-8-19(12-21(35)22(38)14-37(27,32)45)51-33-30(43)28(41)23(39)15-49-33/h17-34,38-45H,6-16H2,1-5H3,(H,46,47,48). The van der Waals surface area contributed by atoms with Gasteiger partial charge in [0, 0.05) is 12.3 Å². The van der Waals surface area contributed by atoms with Crippen LogP contribution in [0, 0.1) is 46.3 Å². The van der Waals surface area contributed by atoms with E-state index in [-0.39, 0.29) is 61.7 Å². The summed E-state index contributed by atoms with van der Waals surface area (Å²) in [6.45, 7) is 9.77. The summed E-state index contributed by atoms with van der Waals surface area (Å²) in [7, 11) is -4.90. The first kappa shape index (κ1) is 43.0. The van der Waals surface area contributed by atoms with Crippen LogP contribution >= 0.6 is 0 Å². The van der Waals surface area contributed by atoms with Crippen molar-refractivity contribution in [2.24, 2.45) is 46.3 Å². The first-order valence-corrected chi connectivity index (χ1v) is 21.2. The van der Waals surface area contributed by atoms with Gasteiger partial charge in [0.05, 0.1) is 43.2 Å². The van der Waals surface area contributed by atoms with Crippen molar-refractivity contribution in [3.63, 3.8) is 0 Å². The van der Waals surface area contributed by atoms with E-state index in [1.165, 1.54) is 0 Å². The molecular weight excluding hydrogens is 732 g/mol. The van der Waals surface area contributed by atoms with Crippen LogP contribution in [0.1, 0.15) is 92.4 Å². The molecule has 2 heterocycles. The molecule has 20 unspecified atom stereocenters. The van der Waals surface area contributed by atoms with Gasteiger partial charge in [0.2, 0.25) is 0 Å². The van der Waals surface area contributed by atoms with Crippen molar-refractivity contribution >= 4 is 10.4 Å². The highest BCUT2D eigenvalue weighted by Gasteiger charge is 2.71. The van der Waals surface area contributed by atoms with Crippen LogP contribution < -0.4 is 0 Å². The van der Waals surface area contributed by atoms with E-state index >= 15 is 0 Å². The Balaban J connectivity index is 1.19. The zero-order valence-corrected chi connectivity index (χ0v) is 32.8. The number of hydrogen-bond acceptors (Lipinski definition) is 15. The topological polar surface area (TPSA) is 262 Å². The van der Waals surface area contributed by atoms with Gasteiger partial charge >= 0.3 is 10.4 Å². The molecule has 0 radical (unpaired) electrons. The lowest BCUT2D eigenvalue weighted by atomic mass is 9.42. The number of hydrogen-bond donors (Lipinski definition) is 9. The normalized spacial score (nSPS) is 50.9. The Hall–Kier alpha value is -0.610. The Kier molecular flexibility index (Phi) is 12.6. The Morgan fingerprint density at radius 2 is 1.37 bits per heavy atom. The summed E-state index contributed by atoms with van der Waals surface area (Å²) in [5.41, 5.74) is -2.72. The van der Waals surface area contributed by atoms with Gasteiger partial charge in [0.25, 0.3) is 0 Å². The highest BCUT2D eigenvalue weighted by molar-refractivity contribution is 7.80. The molecule has 6 aliphatic rings. The molecule has 4 aliphatic carbocycles. The molecule has 17 heteroatoms. The minimum absolute atomic E-state index is 0.00771. The van der Waals surface area contributed by atoms with Crippen molar-refractivity contribution in [3.8, 4) is 0 Å². The summed E-state index contributed by atoms with van der Waals surface area (Å²) in [6, 6.07) is 0. The van der Waals surface area contributed by atoms with Crippen LogP contribution in [-0.2, 0) is 33.5 Å². The van der Waals surface area contributed by atoms with Gasteiger partial charge in [-0.1, -0.05) is 34.6 Å². The molecule has 2 saturated heterocycles. The Morgan fingerprint density at radius 3 is 1.98 bits per heavy atom. The zero-order valence-electron chi connectivity index (χ0n) is 32.0. The molecule has 0 amide bonds. The highest BCUT2D eigenvalue weighted by Crippen LogP contribution is 2.70. The first-order chi connectivity index (χ1) is 25.1. The maximum Gasteiger partial charge on any atom is 0.397 e. The fraction of sp³-hybridized carbons (Fsp3) is 1.00. The largest absolute Gasteiger partial charge is 0.397 e. The van der Waals surface area contributed by atoms with Crippen molar-refractivity contribution in [1.82, 2.24) is 0 Å². The van der Waals surface area contributed by atoms with E-state index in [1.807, 2.05) is 13.8 Å². The van der Waals surface area contributed by atoms with Crippen LogP contribution in [0.2, 0.25) is 0 Å². The number of aliphatic hydroxyl groups excluding tert-OH is 7. The van der Waals surface area contributed by atoms with Crippen molar-refractivity contribution < 1.29 is 77.0 Å². The van der Waals surface area contributed by atoms with Crippen molar-refractivity contribution in [2.45, 2.75) is 172 Å². The molecule has 314 valence electrons. The summed E-state index contributed by atoms with van der Waals surface area (Å²) in [5.74, 6) is -1.51. The van der Waals surface area contributed by atoms with E-state index < -0.39 is 100 Å². The predicted molar refractivity (Wildman–Crippen MR) is 188 cm³/mol. The van der Waals surface area contributed by atoms with E-state index in [0.717, 1.165) is 0 Å². The Labute approximate surface area is 318 Å². The van der Waals surface area contributed by atoms with E-state index in [9.17, 15) is 53.8 Å². The molecule has 0 aromatic rings. The van der Waals surface area contributed by atoms with Gasteiger partial charge in [-0.3, -0.25) is 4.55 Å². The summed E-state index contributed by atoms with van der Waals surface area (Å²) in [6.07, 6.45) is -9.06. The lowest BCUT2D eigenvalue weighted by molar-refractivity contribution is -0.299. The van der Waals surface area contributed by atoms with Gasteiger partial charge in [-0.2, -0.15) is 8.42 Å². The molecule has 54 heavy (non-hydrogen) atoms. The van der Waals surface area contributed by atoms with Crippen LogP contribution in [-0.4, -0.2) is 146 Å². The van der Waals surface area contributed by atoms with Gasteiger partial charge in [-0.25, -0.2) is 4.18 Å². The average molecular weight is 797 g/mol. The van der Waals surface area contributed by atoms with Crippen LogP contribution in [0.15, 0.2) is 0 Å². The Bertz CT molecular complexity index is 1400. The predicted octanol–water partition coefficient (Wildman–Crippen LogP) is 0.250. The van der Waals surface area contributed by atoms with Gasteiger partial charge in [0.15, 0.2) is 12.6 Å². The molecule has 0 aromatic heterocycles. The third-order valence-electron chi connectivity index (χ3n) is 14.8. The summed E-state index contributed by atoms with van der Waals surface area (Å²) in [4.78, 5) is 0. The third kappa shape index (κ3) is 7.92. The van der Waals surface area contributed by atoms with Crippen molar-refractivity contribution in [3.05, 3.63) is 0 Å². The molecule has 6 rings (SSSR count). The molecule has 0 bridgehead atoms. The molecule has 20 atom stereocenters. The third-order valence-corrected chi connectivity index (χ3v) is 15.3. The van der Waals surface area contributed by atoms with Gasteiger partial charge in [0.1, 0.15) is 36.6 Å². The molecule has 2 aliphatic heterocycles. The van der Waals surface area contributed by atoms with Gasteiger partial charge < -0.3 is 59.8 Å². The average Bonchev–Trinajstić information content (AvgIpc) is 3.38. The lowest BCUT2D eigenvalue weighted by Crippen LogP contribution is -2.69. The van der Waals surface area contributed by atoms with E-state index in [0.29, 0.717) is 44.9 Å². The number of fused-ring (bicyclic) bond motifs is 5. The monoisotopic (exact) mass is 796 g/mol. The summed E-state index contributed by atoms with van der Waals surface area (Å²) >= 11 is 0. The van der Waals surface area contributed by atoms with Crippen molar-refractivity contribution in [1.29, 1.82) is 0 Å². The number of rotatable bonds is 11. The van der Waals surface area contributed by atoms with Gasteiger partial charge in [-0.15, -0.1) is 0 Å². The second-order valence-electron chi connectivity index (χ2n) is 18.4. The Morgan fingerprint density at radius 1 is 0.778 bits per heavy atom. The van der Waals surface area contributed by atoms with E-state index in [1.54, 1.807) is 0 Å². The smallest absolute Gasteiger partial charge is 0.393 e. The zero-order chi connectivity index (χ0) is 39.7.